The molecule has 0 unspecified atom stereocenters. The van der Waals surface area contributed by atoms with Crippen LogP contribution in [0.25, 0.3) is 0 Å². The predicted molar refractivity (Wildman–Crippen MR) is 107 cm³/mol. The van der Waals surface area contributed by atoms with Crippen LogP contribution in [-0.2, 0) is 6.42 Å². The van der Waals surface area contributed by atoms with Gasteiger partial charge in [0.25, 0.3) is 5.69 Å². The fourth-order valence-corrected chi connectivity index (χ4v) is 3.27. The summed E-state index contributed by atoms with van der Waals surface area (Å²) < 4.78 is 4.65. The molecule has 148 valence electrons. The molecule has 0 aliphatic carbocycles. The molecule has 0 aliphatic rings. The zero-order valence-corrected chi connectivity index (χ0v) is 17.7. The molecule has 0 spiro atoms. The fraction of sp³-hybridized carbons (Fsp3) is 0.611. The zero-order chi connectivity index (χ0) is 20.3. The van der Waals surface area contributed by atoms with E-state index in [1.807, 2.05) is 0 Å². The van der Waals surface area contributed by atoms with Crippen molar-refractivity contribution in [3.63, 3.8) is 0 Å². The average Bonchev–Trinajstić information content (AvgIpc) is 2.54. The van der Waals surface area contributed by atoms with Crippen LogP contribution >= 0.6 is 0 Å². The van der Waals surface area contributed by atoms with Gasteiger partial charge in [-0.2, -0.15) is 0 Å². The number of hydrogen-bond donors (Lipinski definition) is 1. The van der Waals surface area contributed by atoms with Crippen LogP contribution in [0.5, 0.6) is 5.75 Å². The summed E-state index contributed by atoms with van der Waals surface area (Å²) in [7, 11) is -1.32. The molecule has 0 aromatic heterocycles. The first-order valence-corrected chi connectivity index (χ1v) is 12.6. The number of nitro groups is 1. The largest absolute Gasteiger partial charge is 0.511 e. The number of carboxylic acid groups (broad SMARTS) is 1. The van der Waals surface area contributed by atoms with Gasteiger partial charge in [-0.25, -0.2) is 4.79 Å². The maximum Gasteiger partial charge on any atom is 0.511 e. The van der Waals surface area contributed by atoms with E-state index < -0.39 is 19.2 Å². The third-order valence-corrected chi connectivity index (χ3v) is 5.69. The van der Waals surface area contributed by atoms with Crippen molar-refractivity contribution in [2.75, 3.05) is 19.6 Å². The van der Waals surface area contributed by atoms with Gasteiger partial charge in [0.05, 0.1) is 4.92 Å². The summed E-state index contributed by atoms with van der Waals surface area (Å²) in [6, 6.07) is 4.88. The lowest BCUT2D eigenvalue weighted by Crippen LogP contribution is -2.21. The number of carbonyl (C=O) groups is 1. The summed E-state index contributed by atoms with van der Waals surface area (Å²) in [4.78, 5) is 23.2. The highest BCUT2D eigenvalue weighted by Gasteiger charge is 2.18. The van der Waals surface area contributed by atoms with Gasteiger partial charge in [0.2, 0.25) is 0 Å². The molecular weight excluding hydrogens is 352 g/mol. The van der Waals surface area contributed by atoms with Gasteiger partial charge in [-0.3, -0.25) is 10.1 Å². The fourth-order valence-electron chi connectivity index (χ4n) is 2.25. The molecule has 0 saturated heterocycles. The Kier molecular flexibility index (Phi) is 10.8. The Morgan fingerprint density at radius 1 is 1.19 bits per heavy atom. The van der Waals surface area contributed by atoms with Crippen molar-refractivity contribution in [2.45, 2.75) is 52.9 Å². The summed E-state index contributed by atoms with van der Waals surface area (Å²) in [5.41, 5.74) is 0.516. The van der Waals surface area contributed by atoms with Crippen molar-refractivity contribution in [3.05, 3.63) is 33.9 Å². The summed E-state index contributed by atoms with van der Waals surface area (Å²) in [6.45, 7) is 16.7. The number of nitrogens with zero attached hydrogens (tertiary/aromatic N) is 2. The number of ether oxygens (including phenoxy) is 1. The van der Waals surface area contributed by atoms with E-state index in [0.29, 0.717) is 12.0 Å². The molecule has 0 bridgehead atoms. The Balaban J connectivity index is 0.000000758. The Hall–Kier alpha value is -1.93. The van der Waals surface area contributed by atoms with E-state index in [0.717, 1.165) is 6.04 Å². The third-order valence-electron chi connectivity index (χ3n) is 3.94. The van der Waals surface area contributed by atoms with Gasteiger partial charge in [0, 0.05) is 25.8 Å². The second-order valence-electron chi connectivity index (χ2n) is 7.10. The smallest absolute Gasteiger partial charge is 0.449 e. The quantitative estimate of drug-likeness (QED) is 0.226. The maximum absolute atomic E-state index is 10.7. The molecule has 26 heavy (non-hydrogen) atoms. The highest BCUT2D eigenvalue weighted by molar-refractivity contribution is 6.76. The van der Waals surface area contributed by atoms with Gasteiger partial charge in [-0.1, -0.05) is 46.5 Å². The van der Waals surface area contributed by atoms with Crippen LogP contribution in [0, 0.1) is 10.1 Å². The molecule has 1 rings (SSSR count). The van der Waals surface area contributed by atoms with Crippen LogP contribution in [0.3, 0.4) is 0 Å². The molecule has 0 heterocycles. The minimum Gasteiger partial charge on any atom is -0.449 e. The van der Waals surface area contributed by atoms with Crippen LogP contribution in [0.15, 0.2) is 18.2 Å². The van der Waals surface area contributed by atoms with Gasteiger partial charge in [0.15, 0.2) is 0 Å². The molecule has 0 atom stereocenters. The van der Waals surface area contributed by atoms with Crippen molar-refractivity contribution in [2.24, 2.45) is 0 Å². The summed E-state index contributed by atoms with van der Waals surface area (Å²) in [5.74, 6) is 0.177. The van der Waals surface area contributed by atoms with E-state index in [1.54, 1.807) is 0 Å². The Morgan fingerprint density at radius 2 is 1.73 bits per heavy atom. The second-order valence-corrected chi connectivity index (χ2v) is 12.7. The number of benzene rings is 1. The molecule has 1 N–H and O–H groups in total. The van der Waals surface area contributed by atoms with E-state index in [4.69, 9.17) is 5.11 Å². The van der Waals surface area contributed by atoms with Gasteiger partial charge in [-0.05, 0) is 32.1 Å². The van der Waals surface area contributed by atoms with Crippen molar-refractivity contribution in [3.8, 4) is 5.75 Å². The SMILES string of the molecule is CCN(CC)CC.C[Si](C)(C)CCc1cc([N+](=O)[O-])ccc1OC(=O)O. The predicted octanol–water partition coefficient (Wildman–Crippen LogP) is 4.88. The molecule has 0 radical (unpaired) electrons. The normalized spacial score (nSPS) is 10.9. The van der Waals surface area contributed by atoms with Crippen LogP contribution in [-0.4, -0.2) is 48.8 Å². The Labute approximate surface area is 157 Å². The lowest BCUT2D eigenvalue weighted by molar-refractivity contribution is -0.384. The minimum absolute atomic E-state index is 0.0525. The number of hydrogen-bond acceptors (Lipinski definition) is 5. The molecule has 0 aliphatic heterocycles. The maximum atomic E-state index is 10.7. The molecule has 1 aromatic carbocycles. The first-order chi connectivity index (χ1) is 12.0. The Bertz CT molecular complexity index is 578. The average molecular weight is 385 g/mol. The van der Waals surface area contributed by atoms with E-state index in [-0.39, 0.29) is 11.4 Å². The van der Waals surface area contributed by atoms with Crippen molar-refractivity contribution in [1.29, 1.82) is 0 Å². The lowest BCUT2D eigenvalue weighted by atomic mass is 10.1. The van der Waals surface area contributed by atoms with E-state index in [2.05, 4.69) is 50.0 Å². The summed E-state index contributed by atoms with van der Waals surface area (Å²) in [5, 5.41) is 19.4. The highest BCUT2D eigenvalue weighted by atomic mass is 28.3. The molecular formula is C18H32N2O5Si. The Morgan fingerprint density at radius 3 is 2.08 bits per heavy atom. The summed E-state index contributed by atoms with van der Waals surface area (Å²) in [6.07, 6.45) is -0.830. The van der Waals surface area contributed by atoms with Crippen LogP contribution in [0.1, 0.15) is 26.3 Å². The lowest BCUT2D eigenvalue weighted by Gasteiger charge is -2.16. The standard InChI is InChI=1S/C12H17NO5Si.C6H15N/c1-19(2,3)7-6-9-8-10(13(16)17)4-5-11(9)18-12(14)15;1-4-7(5-2)6-3/h4-5,8H,6-7H2,1-3H3,(H,14,15);4-6H2,1-3H3. The number of aryl methyl sites for hydroxylation is 1. The number of rotatable bonds is 8. The van der Waals surface area contributed by atoms with Gasteiger partial charge >= 0.3 is 6.16 Å². The van der Waals surface area contributed by atoms with Crippen LogP contribution in [0.2, 0.25) is 25.7 Å². The molecule has 0 fully saturated rings. The monoisotopic (exact) mass is 384 g/mol. The van der Waals surface area contributed by atoms with Crippen LogP contribution < -0.4 is 4.74 Å². The number of non-ortho nitro benzene ring substituents is 1. The van der Waals surface area contributed by atoms with Gasteiger partial charge in [0.1, 0.15) is 5.75 Å². The zero-order valence-electron chi connectivity index (χ0n) is 16.7. The van der Waals surface area contributed by atoms with Crippen molar-refractivity contribution >= 4 is 19.9 Å². The first-order valence-electron chi connectivity index (χ1n) is 8.94. The van der Waals surface area contributed by atoms with E-state index >= 15 is 0 Å². The molecule has 1 aromatic rings. The summed E-state index contributed by atoms with van der Waals surface area (Å²) >= 11 is 0. The van der Waals surface area contributed by atoms with Gasteiger partial charge in [-0.15, -0.1) is 0 Å². The number of nitro benzene ring substituents is 1. The van der Waals surface area contributed by atoms with Crippen molar-refractivity contribution < 1.29 is 19.6 Å². The second kappa shape index (κ2) is 11.6. The molecule has 0 amide bonds. The van der Waals surface area contributed by atoms with Crippen molar-refractivity contribution in [1.82, 2.24) is 4.90 Å². The molecule has 7 nitrogen and oxygen atoms in total. The topological polar surface area (TPSA) is 92.9 Å². The van der Waals surface area contributed by atoms with Crippen LogP contribution in [0.4, 0.5) is 10.5 Å². The van der Waals surface area contributed by atoms with E-state index in [1.165, 1.54) is 37.8 Å². The minimum atomic E-state index is -1.41. The van der Waals surface area contributed by atoms with E-state index in [9.17, 15) is 14.9 Å². The molecule has 0 saturated carbocycles. The first kappa shape index (κ1) is 24.1. The highest BCUT2D eigenvalue weighted by Crippen LogP contribution is 2.27. The molecule has 8 heteroatoms. The third kappa shape index (κ3) is 10.1. The van der Waals surface area contributed by atoms with Gasteiger partial charge < -0.3 is 14.7 Å².